The molecule has 5 nitrogen and oxygen atoms in total. The zero-order chi connectivity index (χ0) is 21.5. The van der Waals surface area contributed by atoms with Crippen molar-refractivity contribution in [2.24, 2.45) is 0 Å². The number of esters is 1. The SMILES string of the molecule is CCOC(=O)[C@H](O)[C@@H](O)CCO[Si](c1ccccc1)(c1ccccc1)C(C)(C)C. The monoisotopic (exact) mass is 416 g/mol. The number of ether oxygens (including phenoxy) is 1. The van der Waals surface area contributed by atoms with Crippen LogP contribution in [0.4, 0.5) is 0 Å². The first-order valence-corrected chi connectivity index (χ1v) is 11.9. The van der Waals surface area contributed by atoms with Gasteiger partial charge in [-0.2, -0.15) is 0 Å². The third kappa shape index (κ3) is 5.33. The molecular weight excluding hydrogens is 384 g/mol. The molecule has 2 rings (SSSR count). The van der Waals surface area contributed by atoms with Gasteiger partial charge in [0.25, 0.3) is 8.32 Å². The summed E-state index contributed by atoms with van der Waals surface area (Å²) in [5.41, 5.74) is 0. The van der Waals surface area contributed by atoms with E-state index in [4.69, 9.17) is 9.16 Å². The molecule has 0 fully saturated rings. The van der Waals surface area contributed by atoms with Gasteiger partial charge >= 0.3 is 5.97 Å². The van der Waals surface area contributed by atoms with Gasteiger partial charge in [0.15, 0.2) is 6.10 Å². The van der Waals surface area contributed by atoms with Gasteiger partial charge in [-0.1, -0.05) is 81.4 Å². The number of hydrogen-bond acceptors (Lipinski definition) is 5. The average Bonchev–Trinajstić information content (AvgIpc) is 2.71. The van der Waals surface area contributed by atoms with Crippen LogP contribution < -0.4 is 10.4 Å². The predicted octanol–water partition coefficient (Wildman–Crippen LogP) is 2.24. The Hall–Kier alpha value is -1.99. The first-order valence-electron chi connectivity index (χ1n) is 10.0. The van der Waals surface area contributed by atoms with Crippen molar-refractivity contribution >= 4 is 24.7 Å². The molecule has 0 aliphatic carbocycles. The number of rotatable bonds is 9. The summed E-state index contributed by atoms with van der Waals surface area (Å²) >= 11 is 0. The van der Waals surface area contributed by atoms with Crippen LogP contribution in [0.3, 0.4) is 0 Å². The van der Waals surface area contributed by atoms with Gasteiger partial charge in [0.1, 0.15) is 0 Å². The summed E-state index contributed by atoms with van der Waals surface area (Å²) in [5.74, 6) is -0.814. The first kappa shape index (κ1) is 23.3. The van der Waals surface area contributed by atoms with Gasteiger partial charge in [-0.3, -0.25) is 0 Å². The van der Waals surface area contributed by atoms with Gasteiger partial charge in [-0.05, 0) is 28.8 Å². The van der Waals surface area contributed by atoms with Crippen LogP contribution in [0.5, 0.6) is 0 Å². The second kappa shape index (κ2) is 10.2. The molecule has 158 valence electrons. The number of carbonyl (C=O) groups is 1. The highest BCUT2D eigenvalue weighted by molar-refractivity contribution is 6.99. The molecule has 2 N–H and O–H groups in total. The van der Waals surface area contributed by atoms with E-state index >= 15 is 0 Å². The van der Waals surface area contributed by atoms with Crippen molar-refractivity contribution in [3.8, 4) is 0 Å². The zero-order valence-electron chi connectivity index (χ0n) is 17.7. The number of hydrogen-bond donors (Lipinski definition) is 2. The molecule has 0 saturated heterocycles. The van der Waals surface area contributed by atoms with Crippen molar-refractivity contribution in [2.75, 3.05) is 13.2 Å². The van der Waals surface area contributed by atoms with E-state index in [1.165, 1.54) is 0 Å². The van der Waals surface area contributed by atoms with Crippen LogP contribution in [0.2, 0.25) is 5.04 Å². The Morgan fingerprint density at radius 2 is 1.45 bits per heavy atom. The Kier molecular flexibility index (Phi) is 8.16. The maximum absolute atomic E-state index is 11.7. The van der Waals surface area contributed by atoms with Crippen LogP contribution in [-0.2, 0) is 14.0 Å². The van der Waals surface area contributed by atoms with E-state index in [1.54, 1.807) is 6.92 Å². The second-order valence-corrected chi connectivity index (χ2v) is 12.4. The van der Waals surface area contributed by atoms with Gasteiger partial charge < -0.3 is 19.4 Å². The first-order chi connectivity index (χ1) is 13.7. The number of aliphatic hydroxyl groups excluding tert-OH is 2. The molecule has 2 aromatic carbocycles. The maximum Gasteiger partial charge on any atom is 0.337 e. The van der Waals surface area contributed by atoms with Crippen LogP contribution in [0, 0.1) is 0 Å². The fourth-order valence-electron chi connectivity index (χ4n) is 3.64. The van der Waals surface area contributed by atoms with Crippen molar-refractivity contribution in [2.45, 2.75) is 51.4 Å². The number of aliphatic hydroxyl groups is 2. The third-order valence-corrected chi connectivity index (χ3v) is 10.1. The highest BCUT2D eigenvalue weighted by Gasteiger charge is 2.50. The van der Waals surface area contributed by atoms with Gasteiger partial charge in [0.2, 0.25) is 0 Å². The second-order valence-electron chi connectivity index (χ2n) is 8.06. The summed E-state index contributed by atoms with van der Waals surface area (Å²) < 4.78 is 11.4. The van der Waals surface area contributed by atoms with E-state index in [9.17, 15) is 15.0 Å². The summed E-state index contributed by atoms with van der Waals surface area (Å²) in [6, 6.07) is 20.4. The Morgan fingerprint density at radius 3 is 1.86 bits per heavy atom. The fourth-order valence-corrected chi connectivity index (χ4v) is 8.22. The predicted molar refractivity (Wildman–Crippen MR) is 117 cm³/mol. The summed E-state index contributed by atoms with van der Waals surface area (Å²) in [4.78, 5) is 11.7. The normalized spacial score (nSPS) is 14.3. The molecular formula is C23H32O5Si. The molecule has 0 aliphatic rings. The quantitative estimate of drug-likeness (QED) is 0.484. The summed E-state index contributed by atoms with van der Waals surface area (Å²) in [7, 11) is -2.70. The lowest BCUT2D eigenvalue weighted by Gasteiger charge is -2.43. The zero-order valence-corrected chi connectivity index (χ0v) is 18.7. The van der Waals surface area contributed by atoms with Crippen molar-refractivity contribution in [1.82, 2.24) is 0 Å². The van der Waals surface area contributed by atoms with Crippen molar-refractivity contribution in [3.05, 3.63) is 60.7 Å². The Bertz CT molecular complexity index is 718. The minimum atomic E-state index is -2.70. The van der Waals surface area contributed by atoms with Crippen molar-refractivity contribution in [3.63, 3.8) is 0 Å². The van der Waals surface area contributed by atoms with Gasteiger partial charge in [0, 0.05) is 6.61 Å². The van der Waals surface area contributed by atoms with E-state index in [1.807, 2.05) is 36.4 Å². The van der Waals surface area contributed by atoms with E-state index in [0.29, 0.717) is 0 Å². The van der Waals surface area contributed by atoms with Gasteiger partial charge in [-0.25, -0.2) is 4.79 Å². The lowest BCUT2D eigenvalue weighted by Crippen LogP contribution is -2.66. The molecule has 29 heavy (non-hydrogen) atoms. The maximum atomic E-state index is 11.7. The molecule has 0 unspecified atom stereocenters. The Labute approximate surface area is 174 Å². The summed E-state index contributed by atoms with van der Waals surface area (Å²) in [6.45, 7) is 8.53. The van der Waals surface area contributed by atoms with E-state index in [2.05, 4.69) is 45.0 Å². The van der Waals surface area contributed by atoms with Crippen LogP contribution >= 0.6 is 0 Å². The Morgan fingerprint density at radius 1 is 0.966 bits per heavy atom. The van der Waals surface area contributed by atoms with E-state index in [0.717, 1.165) is 10.4 Å². The van der Waals surface area contributed by atoms with Gasteiger partial charge in [-0.15, -0.1) is 0 Å². The molecule has 0 radical (unpaired) electrons. The van der Waals surface area contributed by atoms with Crippen LogP contribution in [0.25, 0.3) is 0 Å². The molecule has 0 saturated carbocycles. The van der Waals surface area contributed by atoms with Crippen LogP contribution in [0.15, 0.2) is 60.7 Å². The largest absolute Gasteiger partial charge is 0.464 e. The van der Waals surface area contributed by atoms with E-state index in [-0.39, 0.29) is 24.7 Å². The molecule has 0 spiro atoms. The fraction of sp³-hybridized carbons (Fsp3) is 0.435. The van der Waals surface area contributed by atoms with Crippen molar-refractivity contribution in [1.29, 1.82) is 0 Å². The third-order valence-electron chi connectivity index (χ3n) is 5.04. The van der Waals surface area contributed by atoms with Gasteiger partial charge in [0.05, 0.1) is 12.7 Å². The summed E-state index contributed by atoms with van der Waals surface area (Å²) in [5, 5.41) is 22.3. The minimum Gasteiger partial charge on any atom is -0.464 e. The van der Waals surface area contributed by atoms with E-state index < -0.39 is 26.5 Å². The number of benzene rings is 2. The molecule has 0 aromatic heterocycles. The topological polar surface area (TPSA) is 76.0 Å². The smallest absolute Gasteiger partial charge is 0.337 e. The molecule has 0 heterocycles. The standard InChI is InChI=1S/C23H32O5Si/c1-5-27-22(26)21(25)20(24)16-17-28-29(23(2,3)4,18-12-8-6-9-13-18)19-14-10-7-11-15-19/h6-15,20-21,24-25H,5,16-17H2,1-4H3/t20-,21+/m0/s1. The Balaban J connectivity index is 2.31. The molecule has 0 aliphatic heterocycles. The minimum absolute atomic E-state index is 0.129. The molecule has 6 heteroatoms. The molecule has 0 bridgehead atoms. The lowest BCUT2D eigenvalue weighted by molar-refractivity contribution is -0.159. The highest BCUT2D eigenvalue weighted by atomic mass is 28.4. The highest BCUT2D eigenvalue weighted by Crippen LogP contribution is 2.36. The molecule has 2 atom stereocenters. The average molecular weight is 417 g/mol. The molecule has 0 amide bonds. The molecule has 2 aromatic rings. The van der Waals surface area contributed by atoms with Crippen LogP contribution in [-0.4, -0.2) is 49.9 Å². The van der Waals surface area contributed by atoms with Crippen LogP contribution in [0.1, 0.15) is 34.1 Å². The number of carbonyl (C=O) groups excluding carboxylic acids is 1. The van der Waals surface area contributed by atoms with Crippen molar-refractivity contribution < 1.29 is 24.2 Å². The lowest BCUT2D eigenvalue weighted by atomic mass is 10.1. The summed E-state index contributed by atoms with van der Waals surface area (Å²) in [6.07, 6.45) is -2.69.